The maximum Gasteiger partial charge on any atom is 0.243 e. The molecule has 0 aromatic carbocycles. The Hall–Kier alpha value is -1.30. The average Bonchev–Trinajstić information content (AvgIpc) is 2.58. The summed E-state index contributed by atoms with van der Waals surface area (Å²) in [4.78, 5) is 17.7. The van der Waals surface area contributed by atoms with E-state index < -0.39 is 0 Å². The van der Waals surface area contributed by atoms with Crippen LogP contribution in [0.15, 0.2) is 4.99 Å². The minimum Gasteiger partial charge on any atom is -0.382 e. The molecule has 0 rings (SSSR count). The van der Waals surface area contributed by atoms with Crippen LogP contribution in [0.5, 0.6) is 0 Å². The molecular weight excluding hydrogens is 304 g/mol. The van der Waals surface area contributed by atoms with E-state index in [9.17, 15) is 4.79 Å². The number of unbranched alkanes of at least 4 members (excludes halogenated alkanes) is 1. The zero-order valence-electron chi connectivity index (χ0n) is 16.4. The monoisotopic (exact) mass is 342 g/mol. The number of carbonyl (C=O) groups excluding carboxylic acids is 1. The van der Waals surface area contributed by atoms with Crippen LogP contribution in [0.25, 0.3) is 0 Å². The Morgan fingerprint density at radius 3 is 2.50 bits per heavy atom. The molecule has 1 unspecified atom stereocenters. The molecule has 0 heterocycles. The van der Waals surface area contributed by atoms with Gasteiger partial charge >= 0.3 is 0 Å². The first-order valence-corrected chi connectivity index (χ1v) is 9.35. The van der Waals surface area contributed by atoms with E-state index in [-0.39, 0.29) is 12.5 Å². The van der Waals surface area contributed by atoms with Crippen LogP contribution < -0.4 is 10.6 Å². The van der Waals surface area contributed by atoms with E-state index in [1.54, 1.807) is 19.0 Å². The Balaban J connectivity index is 4.43. The molecule has 0 spiro atoms. The highest BCUT2D eigenvalue weighted by Gasteiger charge is 2.08. The number of hydrogen-bond donors (Lipinski definition) is 2. The lowest BCUT2D eigenvalue weighted by Gasteiger charge is -2.18. The fourth-order valence-electron chi connectivity index (χ4n) is 2.17. The van der Waals surface area contributed by atoms with Gasteiger partial charge in [-0.05, 0) is 25.7 Å². The van der Waals surface area contributed by atoms with Crippen LogP contribution >= 0.6 is 0 Å². The molecule has 0 aliphatic carbocycles. The maximum absolute atomic E-state index is 11.7. The molecule has 0 aliphatic rings. The molecule has 24 heavy (non-hydrogen) atoms. The number of nitrogens with one attached hydrogen (secondary N) is 2. The fourth-order valence-corrected chi connectivity index (χ4v) is 2.17. The summed E-state index contributed by atoms with van der Waals surface area (Å²) in [6.07, 6.45) is 5.79. The standard InChI is InChI=1S/C18H38N4O2/c1-6-9-11-16(7-2)14-20-18(19-12-10-13-24-8-3)21-15-17(23)22(4)5/h16H,6-15H2,1-5H3,(H2,19,20,21). The minimum atomic E-state index is 0.00319. The summed E-state index contributed by atoms with van der Waals surface area (Å²) in [6.45, 7) is 9.77. The van der Waals surface area contributed by atoms with E-state index >= 15 is 0 Å². The van der Waals surface area contributed by atoms with Crippen molar-refractivity contribution in [2.45, 2.75) is 52.9 Å². The Bertz CT molecular complexity index is 346. The highest BCUT2D eigenvalue weighted by molar-refractivity contribution is 5.84. The van der Waals surface area contributed by atoms with Crippen LogP contribution in [-0.2, 0) is 9.53 Å². The second kappa shape index (κ2) is 15.2. The number of rotatable bonds is 13. The molecule has 1 amide bonds. The second-order valence-corrected chi connectivity index (χ2v) is 6.23. The lowest BCUT2D eigenvalue weighted by Crippen LogP contribution is -2.41. The summed E-state index contributed by atoms with van der Waals surface area (Å²) in [5.74, 6) is 1.37. The number of ether oxygens (including phenoxy) is 1. The van der Waals surface area contributed by atoms with Crippen LogP contribution in [0.3, 0.4) is 0 Å². The largest absolute Gasteiger partial charge is 0.382 e. The lowest BCUT2D eigenvalue weighted by atomic mass is 9.99. The van der Waals surface area contributed by atoms with Gasteiger partial charge in [0.25, 0.3) is 0 Å². The van der Waals surface area contributed by atoms with E-state index in [0.29, 0.717) is 5.92 Å². The number of likely N-dealkylation sites (N-methyl/N-ethyl adjacent to an activating group) is 1. The third-order valence-corrected chi connectivity index (χ3v) is 3.93. The van der Waals surface area contributed by atoms with Crippen molar-refractivity contribution in [3.63, 3.8) is 0 Å². The molecule has 0 bridgehead atoms. The summed E-state index contributed by atoms with van der Waals surface area (Å²) in [6, 6.07) is 0. The van der Waals surface area contributed by atoms with Gasteiger partial charge in [-0.1, -0.05) is 33.1 Å². The number of aliphatic imine (C=N–C) groups is 1. The Labute approximate surface area is 148 Å². The summed E-state index contributed by atoms with van der Waals surface area (Å²) >= 11 is 0. The van der Waals surface area contributed by atoms with Gasteiger partial charge in [-0.15, -0.1) is 0 Å². The first kappa shape index (κ1) is 22.7. The average molecular weight is 343 g/mol. The SMILES string of the molecule is CCCCC(CC)CNC(=NCC(=O)N(C)C)NCCCOCC. The third kappa shape index (κ3) is 12.2. The van der Waals surface area contributed by atoms with Gasteiger partial charge in [0.2, 0.25) is 5.91 Å². The molecule has 0 saturated heterocycles. The van der Waals surface area contributed by atoms with E-state index in [1.807, 2.05) is 6.92 Å². The van der Waals surface area contributed by atoms with Crippen molar-refractivity contribution in [3.8, 4) is 0 Å². The number of carbonyl (C=O) groups is 1. The van der Waals surface area contributed by atoms with E-state index in [1.165, 1.54) is 19.3 Å². The van der Waals surface area contributed by atoms with Crippen molar-refractivity contribution in [1.29, 1.82) is 0 Å². The van der Waals surface area contributed by atoms with Gasteiger partial charge in [-0.2, -0.15) is 0 Å². The first-order chi connectivity index (χ1) is 11.5. The number of amides is 1. The Kier molecular flexibility index (Phi) is 14.4. The highest BCUT2D eigenvalue weighted by Crippen LogP contribution is 2.11. The van der Waals surface area contributed by atoms with E-state index in [4.69, 9.17) is 4.74 Å². The summed E-state index contributed by atoms with van der Waals surface area (Å²) in [7, 11) is 3.50. The maximum atomic E-state index is 11.7. The minimum absolute atomic E-state index is 0.00319. The summed E-state index contributed by atoms with van der Waals surface area (Å²) in [5, 5.41) is 6.69. The van der Waals surface area contributed by atoms with Gasteiger partial charge in [0.05, 0.1) is 0 Å². The molecule has 6 heteroatoms. The first-order valence-electron chi connectivity index (χ1n) is 9.35. The Morgan fingerprint density at radius 1 is 1.17 bits per heavy atom. The van der Waals surface area contributed by atoms with Gasteiger partial charge in [0.1, 0.15) is 6.54 Å². The van der Waals surface area contributed by atoms with Gasteiger partial charge < -0.3 is 20.3 Å². The van der Waals surface area contributed by atoms with Gasteiger partial charge in [-0.3, -0.25) is 4.79 Å². The number of nitrogens with zero attached hydrogens (tertiary/aromatic N) is 2. The second-order valence-electron chi connectivity index (χ2n) is 6.23. The molecule has 142 valence electrons. The predicted molar refractivity (Wildman–Crippen MR) is 101 cm³/mol. The van der Waals surface area contributed by atoms with Crippen molar-refractivity contribution in [2.75, 3.05) is 46.9 Å². The molecule has 1 atom stereocenters. The molecule has 0 saturated carbocycles. The van der Waals surface area contributed by atoms with Gasteiger partial charge in [0, 0.05) is 40.4 Å². The van der Waals surface area contributed by atoms with Crippen molar-refractivity contribution in [1.82, 2.24) is 15.5 Å². The number of guanidine groups is 1. The van der Waals surface area contributed by atoms with E-state index in [2.05, 4.69) is 29.5 Å². The summed E-state index contributed by atoms with van der Waals surface area (Å²) in [5.41, 5.74) is 0. The lowest BCUT2D eigenvalue weighted by molar-refractivity contribution is -0.127. The van der Waals surface area contributed by atoms with Crippen LogP contribution in [0.4, 0.5) is 0 Å². The third-order valence-electron chi connectivity index (χ3n) is 3.93. The smallest absolute Gasteiger partial charge is 0.243 e. The van der Waals surface area contributed by atoms with Crippen LogP contribution in [0, 0.1) is 5.92 Å². The van der Waals surface area contributed by atoms with Crippen LogP contribution in [-0.4, -0.2) is 63.7 Å². The molecule has 0 radical (unpaired) electrons. The topological polar surface area (TPSA) is 66.0 Å². The van der Waals surface area contributed by atoms with Crippen LogP contribution in [0.2, 0.25) is 0 Å². The van der Waals surface area contributed by atoms with Gasteiger partial charge in [0.15, 0.2) is 5.96 Å². The fraction of sp³-hybridized carbons (Fsp3) is 0.889. The zero-order valence-corrected chi connectivity index (χ0v) is 16.4. The zero-order chi connectivity index (χ0) is 18.2. The molecule has 0 aromatic heterocycles. The summed E-state index contributed by atoms with van der Waals surface area (Å²) < 4.78 is 5.34. The Morgan fingerprint density at radius 2 is 1.92 bits per heavy atom. The molecule has 0 aromatic rings. The van der Waals surface area contributed by atoms with Gasteiger partial charge in [-0.25, -0.2) is 4.99 Å². The normalized spacial score (nSPS) is 12.8. The molecular formula is C18H38N4O2. The molecule has 0 fully saturated rings. The van der Waals surface area contributed by atoms with E-state index in [0.717, 1.165) is 45.1 Å². The molecule has 2 N–H and O–H groups in total. The number of hydrogen-bond acceptors (Lipinski definition) is 3. The molecule has 6 nitrogen and oxygen atoms in total. The van der Waals surface area contributed by atoms with Crippen molar-refractivity contribution >= 4 is 11.9 Å². The van der Waals surface area contributed by atoms with Crippen molar-refractivity contribution in [2.24, 2.45) is 10.9 Å². The predicted octanol–water partition coefficient (Wildman–Crippen LogP) is 2.25. The molecule has 0 aliphatic heterocycles. The highest BCUT2D eigenvalue weighted by atomic mass is 16.5. The van der Waals surface area contributed by atoms with Crippen molar-refractivity contribution < 1.29 is 9.53 Å². The van der Waals surface area contributed by atoms with Crippen molar-refractivity contribution in [3.05, 3.63) is 0 Å². The quantitative estimate of drug-likeness (QED) is 0.306. The van der Waals surface area contributed by atoms with Crippen LogP contribution in [0.1, 0.15) is 52.9 Å².